The van der Waals surface area contributed by atoms with Gasteiger partial charge in [-0.2, -0.15) is 0 Å². The third kappa shape index (κ3) is 2.34. The van der Waals surface area contributed by atoms with Gasteiger partial charge in [0.2, 0.25) is 0 Å². The number of hydrogen-bond donors (Lipinski definition) is 1. The Morgan fingerprint density at radius 3 is 2.73 bits per heavy atom. The molecule has 0 fully saturated rings. The molecule has 0 aliphatic heterocycles. The molecule has 80 valence electrons. The average Bonchev–Trinajstić information content (AvgIpc) is 2.84. The molecule has 0 bridgehead atoms. The van der Waals surface area contributed by atoms with Crippen molar-refractivity contribution >= 4 is 34.3 Å². The smallest absolute Gasteiger partial charge is 0.129 e. The van der Waals surface area contributed by atoms with Crippen molar-refractivity contribution in [3.05, 3.63) is 37.7 Å². The summed E-state index contributed by atoms with van der Waals surface area (Å²) >= 11 is 8.67. The van der Waals surface area contributed by atoms with Gasteiger partial charge in [-0.1, -0.05) is 11.6 Å². The first kappa shape index (κ1) is 11.0. The Morgan fingerprint density at radius 1 is 1.40 bits per heavy atom. The van der Waals surface area contributed by atoms with Crippen molar-refractivity contribution in [3.8, 4) is 5.75 Å². The summed E-state index contributed by atoms with van der Waals surface area (Å²) in [7, 11) is 1.61. The lowest BCUT2D eigenvalue weighted by atomic mass is 10.2. The van der Waals surface area contributed by atoms with E-state index in [9.17, 15) is 5.11 Å². The number of aliphatic hydroxyl groups is 1. The second-order valence-corrected chi connectivity index (χ2v) is 5.62. The fourth-order valence-corrected chi connectivity index (χ4v) is 3.20. The molecule has 0 aliphatic carbocycles. The SMILES string of the molecule is COc1csc(C(O)c2ccc(Cl)s2)c1. The Labute approximate surface area is 101 Å². The minimum absolute atomic E-state index is 0.601. The lowest BCUT2D eigenvalue weighted by molar-refractivity contribution is 0.227. The molecular weight excluding hydrogens is 252 g/mol. The summed E-state index contributed by atoms with van der Waals surface area (Å²) in [6.45, 7) is 0. The van der Waals surface area contributed by atoms with E-state index < -0.39 is 6.10 Å². The first-order valence-corrected chi connectivity index (χ1v) is 6.34. The van der Waals surface area contributed by atoms with E-state index in [-0.39, 0.29) is 0 Å². The van der Waals surface area contributed by atoms with Crippen LogP contribution in [0.3, 0.4) is 0 Å². The molecule has 0 amide bonds. The second kappa shape index (κ2) is 4.53. The fraction of sp³-hybridized carbons (Fsp3) is 0.200. The van der Waals surface area contributed by atoms with Crippen LogP contribution in [0.25, 0.3) is 0 Å². The number of thiophene rings is 2. The molecule has 2 rings (SSSR count). The molecule has 0 saturated carbocycles. The van der Waals surface area contributed by atoms with Crippen LogP contribution in [0.4, 0.5) is 0 Å². The van der Waals surface area contributed by atoms with Crippen LogP contribution >= 0.6 is 34.3 Å². The van der Waals surface area contributed by atoms with Crippen molar-refractivity contribution in [1.82, 2.24) is 0 Å². The van der Waals surface area contributed by atoms with Crippen LogP contribution in [-0.4, -0.2) is 12.2 Å². The van der Waals surface area contributed by atoms with Crippen LogP contribution in [0, 0.1) is 0 Å². The highest BCUT2D eigenvalue weighted by molar-refractivity contribution is 7.16. The van der Waals surface area contributed by atoms with E-state index in [2.05, 4.69) is 0 Å². The minimum Gasteiger partial charge on any atom is -0.496 e. The van der Waals surface area contributed by atoms with Gasteiger partial charge in [0, 0.05) is 15.1 Å². The maximum Gasteiger partial charge on any atom is 0.129 e. The lowest BCUT2D eigenvalue weighted by Gasteiger charge is -2.04. The van der Waals surface area contributed by atoms with E-state index in [1.165, 1.54) is 22.7 Å². The molecule has 2 heterocycles. The predicted octanol–water partition coefficient (Wildman–Crippen LogP) is 3.55. The molecule has 1 unspecified atom stereocenters. The number of ether oxygens (including phenoxy) is 1. The number of hydrogen-bond acceptors (Lipinski definition) is 4. The van der Waals surface area contributed by atoms with Gasteiger partial charge < -0.3 is 9.84 Å². The summed E-state index contributed by atoms with van der Waals surface area (Å²) in [5.74, 6) is 0.775. The molecule has 1 N–H and O–H groups in total. The Balaban J connectivity index is 2.23. The predicted molar refractivity (Wildman–Crippen MR) is 64.3 cm³/mol. The zero-order valence-corrected chi connectivity index (χ0v) is 10.3. The van der Waals surface area contributed by atoms with E-state index in [1.54, 1.807) is 13.2 Å². The highest BCUT2D eigenvalue weighted by Gasteiger charge is 2.15. The van der Waals surface area contributed by atoms with Gasteiger partial charge in [-0.3, -0.25) is 0 Å². The van der Waals surface area contributed by atoms with Crippen molar-refractivity contribution in [1.29, 1.82) is 0 Å². The van der Waals surface area contributed by atoms with Gasteiger partial charge in [-0.25, -0.2) is 0 Å². The lowest BCUT2D eigenvalue weighted by Crippen LogP contribution is -1.92. The third-order valence-corrected chi connectivity index (χ3v) is 4.21. The zero-order chi connectivity index (χ0) is 10.8. The molecule has 2 aromatic rings. The molecule has 0 aliphatic rings. The number of aliphatic hydroxyl groups excluding tert-OH is 1. The van der Waals surface area contributed by atoms with Gasteiger partial charge in [-0.15, -0.1) is 22.7 Å². The van der Waals surface area contributed by atoms with Crippen LogP contribution in [0.2, 0.25) is 4.34 Å². The fourth-order valence-electron chi connectivity index (χ4n) is 1.20. The molecule has 1 atom stereocenters. The normalized spacial score (nSPS) is 12.7. The Hall–Kier alpha value is -0.550. The largest absolute Gasteiger partial charge is 0.496 e. The molecule has 0 aromatic carbocycles. The zero-order valence-electron chi connectivity index (χ0n) is 7.94. The first-order valence-electron chi connectivity index (χ1n) is 4.26. The Bertz CT molecular complexity index is 450. The highest BCUT2D eigenvalue weighted by atomic mass is 35.5. The van der Waals surface area contributed by atoms with Crippen LogP contribution < -0.4 is 4.74 Å². The Kier molecular flexibility index (Phi) is 3.31. The highest BCUT2D eigenvalue weighted by Crippen LogP contribution is 2.35. The van der Waals surface area contributed by atoms with E-state index in [0.29, 0.717) is 4.34 Å². The maximum absolute atomic E-state index is 10.0. The van der Waals surface area contributed by atoms with Crippen molar-refractivity contribution in [2.24, 2.45) is 0 Å². The van der Waals surface area contributed by atoms with Gasteiger partial charge in [0.1, 0.15) is 11.9 Å². The van der Waals surface area contributed by atoms with E-state index in [4.69, 9.17) is 16.3 Å². The molecule has 0 spiro atoms. The topological polar surface area (TPSA) is 29.5 Å². The molecule has 2 nitrogen and oxygen atoms in total. The average molecular weight is 261 g/mol. The molecule has 0 radical (unpaired) electrons. The van der Waals surface area contributed by atoms with Crippen molar-refractivity contribution in [3.63, 3.8) is 0 Å². The monoisotopic (exact) mass is 260 g/mol. The molecule has 2 aromatic heterocycles. The van der Waals surface area contributed by atoms with Gasteiger partial charge in [0.25, 0.3) is 0 Å². The maximum atomic E-state index is 10.0. The quantitative estimate of drug-likeness (QED) is 0.915. The molecule has 5 heteroatoms. The van der Waals surface area contributed by atoms with Crippen LogP contribution in [0.1, 0.15) is 15.9 Å². The third-order valence-electron chi connectivity index (χ3n) is 1.96. The number of halogens is 1. The van der Waals surface area contributed by atoms with E-state index in [0.717, 1.165) is 15.5 Å². The van der Waals surface area contributed by atoms with Crippen molar-refractivity contribution in [2.45, 2.75) is 6.10 Å². The van der Waals surface area contributed by atoms with Gasteiger partial charge in [0.15, 0.2) is 0 Å². The van der Waals surface area contributed by atoms with Gasteiger partial charge in [-0.05, 0) is 18.2 Å². The number of methoxy groups -OCH3 is 1. The molecule has 15 heavy (non-hydrogen) atoms. The summed E-state index contributed by atoms with van der Waals surface area (Å²) in [6, 6.07) is 5.46. The van der Waals surface area contributed by atoms with Crippen LogP contribution in [-0.2, 0) is 0 Å². The van der Waals surface area contributed by atoms with Crippen LogP contribution in [0.15, 0.2) is 23.6 Å². The van der Waals surface area contributed by atoms with Gasteiger partial charge in [0.05, 0.1) is 11.4 Å². The number of rotatable bonds is 3. The summed E-state index contributed by atoms with van der Waals surface area (Å²) in [4.78, 5) is 1.72. The molecule has 0 saturated heterocycles. The first-order chi connectivity index (χ1) is 7.20. The summed E-state index contributed by atoms with van der Waals surface area (Å²) in [5, 5.41) is 11.9. The van der Waals surface area contributed by atoms with E-state index in [1.807, 2.05) is 17.5 Å². The van der Waals surface area contributed by atoms with Gasteiger partial charge >= 0.3 is 0 Å². The molecular formula is C10H9ClO2S2. The summed E-state index contributed by atoms with van der Waals surface area (Å²) in [6.07, 6.45) is -0.601. The van der Waals surface area contributed by atoms with Crippen LogP contribution in [0.5, 0.6) is 5.75 Å². The minimum atomic E-state index is -0.601. The summed E-state index contributed by atoms with van der Waals surface area (Å²) in [5.41, 5.74) is 0. The van der Waals surface area contributed by atoms with Crippen molar-refractivity contribution in [2.75, 3.05) is 7.11 Å². The Morgan fingerprint density at radius 2 is 2.20 bits per heavy atom. The summed E-state index contributed by atoms with van der Waals surface area (Å²) < 4.78 is 5.75. The second-order valence-electron chi connectivity index (χ2n) is 2.93. The van der Waals surface area contributed by atoms with E-state index >= 15 is 0 Å². The van der Waals surface area contributed by atoms with Crippen molar-refractivity contribution < 1.29 is 9.84 Å². The standard InChI is InChI=1S/C10H9ClO2S2/c1-13-6-4-8(14-5-6)10(12)7-2-3-9(11)15-7/h2-5,10,12H,1H3.